The van der Waals surface area contributed by atoms with Gasteiger partial charge in [-0.2, -0.15) is 0 Å². The molecule has 0 bridgehead atoms. The van der Waals surface area contributed by atoms with Crippen LogP contribution < -0.4 is 5.32 Å². The summed E-state index contributed by atoms with van der Waals surface area (Å²) in [5.74, 6) is -1.75. The number of aryl methyl sites for hydroxylation is 2. The average molecular weight is 294 g/mol. The zero-order valence-electron chi connectivity index (χ0n) is 12.4. The fourth-order valence-corrected chi connectivity index (χ4v) is 2.37. The summed E-state index contributed by atoms with van der Waals surface area (Å²) < 4.78 is 0. The lowest BCUT2D eigenvalue weighted by molar-refractivity contribution is -0.386. The molecule has 7 nitrogen and oxygen atoms in total. The number of carboxylic acids is 1. The summed E-state index contributed by atoms with van der Waals surface area (Å²) in [7, 11) is 0. The van der Waals surface area contributed by atoms with Crippen molar-refractivity contribution in [2.24, 2.45) is 0 Å². The van der Waals surface area contributed by atoms with Gasteiger partial charge in [0.05, 0.1) is 10.5 Å². The van der Waals surface area contributed by atoms with E-state index in [0.717, 1.165) is 0 Å². The van der Waals surface area contributed by atoms with Gasteiger partial charge in [0.2, 0.25) is 0 Å². The second kappa shape index (κ2) is 6.34. The summed E-state index contributed by atoms with van der Waals surface area (Å²) in [6.45, 7) is 6.40. The number of hydrogen-bond donors (Lipinski definition) is 2. The largest absolute Gasteiger partial charge is 0.480 e. The maximum Gasteiger partial charge on any atom is 0.326 e. The molecule has 1 aromatic rings. The van der Waals surface area contributed by atoms with E-state index in [-0.39, 0.29) is 23.2 Å². The Labute approximate surface area is 122 Å². The average Bonchev–Trinajstić information content (AvgIpc) is 2.34. The van der Waals surface area contributed by atoms with Crippen molar-refractivity contribution in [3.05, 3.63) is 38.4 Å². The van der Waals surface area contributed by atoms with E-state index >= 15 is 0 Å². The van der Waals surface area contributed by atoms with Crippen molar-refractivity contribution in [2.45, 2.75) is 40.2 Å². The molecule has 0 fully saturated rings. The van der Waals surface area contributed by atoms with Crippen molar-refractivity contribution in [1.29, 1.82) is 0 Å². The molecule has 114 valence electrons. The third-order valence-electron chi connectivity index (χ3n) is 3.35. The van der Waals surface area contributed by atoms with Crippen LogP contribution in [0.3, 0.4) is 0 Å². The van der Waals surface area contributed by atoms with Gasteiger partial charge in [-0.3, -0.25) is 14.9 Å². The van der Waals surface area contributed by atoms with E-state index in [0.29, 0.717) is 11.1 Å². The predicted octanol–water partition coefficient (Wildman–Crippen LogP) is 2.11. The molecule has 1 amide bonds. The highest BCUT2D eigenvalue weighted by atomic mass is 16.6. The van der Waals surface area contributed by atoms with E-state index in [1.165, 1.54) is 6.92 Å². The van der Waals surface area contributed by atoms with Gasteiger partial charge in [0.25, 0.3) is 11.6 Å². The molecule has 1 rings (SSSR count). The van der Waals surface area contributed by atoms with E-state index in [9.17, 15) is 19.7 Å². The lowest BCUT2D eigenvalue weighted by Crippen LogP contribution is -2.40. The van der Waals surface area contributed by atoms with Crippen molar-refractivity contribution in [3.8, 4) is 0 Å². The minimum absolute atomic E-state index is 0.117. The molecule has 0 aliphatic heterocycles. The van der Waals surface area contributed by atoms with E-state index in [1.807, 2.05) is 0 Å². The first-order valence-electron chi connectivity index (χ1n) is 6.49. The molecule has 1 unspecified atom stereocenters. The van der Waals surface area contributed by atoms with Crippen LogP contribution in [0, 0.1) is 30.9 Å². The van der Waals surface area contributed by atoms with Crippen molar-refractivity contribution in [3.63, 3.8) is 0 Å². The number of nitro benzene ring substituents is 1. The molecule has 1 aromatic carbocycles. The number of nitrogens with zero attached hydrogens (tertiary/aromatic N) is 1. The second-order valence-electron chi connectivity index (χ2n) is 4.89. The molecule has 1 atom stereocenters. The van der Waals surface area contributed by atoms with Crippen LogP contribution >= 0.6 is 0 Å². The highest BCUT2D eigenvalue weighted by Gasteiger charge is 2.26. The molecule has 0 aliphatic carbocycles. The van der Waals surface area contributed by atoms with Gasteiger partial charge in [-0.05, 0) is 38.8 Å². The monoisotopic (exact) mass is 294 g/mol. The summed E-state index contributed by atoms with van der Waals surface area (Å²) in [6.07, 6.45) is 0.229. The number of carbonyl (C=O) groups is 2. The van der Waals surface area contributed by atoms with E-state index < -0.39 is 22.8 Å². The van der Waals surface area contributed by atoms with Gasteiger partial charge in [-0.25, -0.2) is 4.79 Å². The van der Waals surface area contributed by atoms with Crippen LogP contribution in [0.2, 0.25) is 0 Å². The maximum atomic E-state index is 12.2. The minimum Gasteiger partial charge on any atom is -0.480 e. The molecule has 0 heterocycles. The number of nitrogens with one attached hydrogen (secondary N) is 1. The molecule has 0 spiro atoms. The number of rotatable bonds is 5. The Balaban J connectivity index is 3.30. The number of benzene rings is 1. The third kappa shape index (κ3) is 3.36. The summed E-state index contributed by atoms with van der Waals surface area (Å²) >= 11 is 0. The van der Waals surface area contributed by atoms with Crippen LogP contribution in [0.4, 0.5) is 5.69 Å². The molecule has 0 saturated carbocycles. The van der Waals surface area contributed by atoms with Gasteiger partial charge in [0.15, 0.2) is 0 Å². The highest BCUT2D eigenvalue weighted by molar-refractivity contribution is 6.00. The summed E-state index contributed by atoms with van der Waals surface area (Å²) in [5.41, 5.74) is 1.33. The van der Waals surface area contributed by atoms with Crippen molar-refractivity contribution < 1.29 is 19.6 Å². The molecular weight excluding hydrogens is 276 g/mol. The topological polar surface area (TPSA) is 110 Å². The van der Waals surface area contributed by atoms with Crippen LogP contribution in [-0.2, 0) is 4.79 Å². The minimum atomic E-state index is -1.14. The zero-order chi connectivity index (χ0) is 16.3. The number of carboxylic acid groups (broad SMARTS) is 1. The van der Waals surface area contributed by atoms with E-state index in [4.69, 9.17) is 5.11 Å². The summed E-state index contributed by atoms with van der Waals surface area (Å²) in [5, 5.41) is 22.5. The number of nitro groups is 1. The maximum absolute atomic E-state index is 12.2. The molecule has 2 N–H and O–H groups in total. The van der Waals surface area contributed by atoms with Gasteiger partial charge < -0.3 is 10.4 Å². The Morgan fingerprint density at radius 1 is 1.33 bits per heavy atom. The quantitative estimate of drug-likeness (QED) is 0.638. The third-order valence-corrected chi connectivity index (χ3v) is 3.35. The molecule has 0 saturated heterocycles. The van der Waals surface area contributed by atoms with Crippen molar-refractivity contribution >= 4 is 17.6 Å². The molecule has 21 heavy (non-hydrogen) atoms. The molecule has 0 aliphatic rings. The first kappa shape index (κ1) is 16.6. The Kier molecular flexibility index (Phi) is 5.02. The Hall–Kier alpha value is -2.44. The van der Waals surface area contributed by atoms with Crippen molar-refractivity contribution in [1.82, 2.24) is 5.32 Å². The van der Waals surface area contributed by atoms with E-state index in [1.54, 1.807) is 26.8 Å². The van der Waals surface area contributed by atoms with Gasteiger partial charge in [0.1, 0.15) is 6.04 Å². The molecule has 0 radical (unpaired) electrons. The van der Waals surface area contributed by atoms with Gasteiger partial charge in [-0.1, -0.05) is 6.92 Å². The Bertz CT molecular complexity index is 610. The van der Waals surface area contributed by atoms with Gasteiger partial charge in [0, 0.05) is 11.1 Å². The fourth-order valence-electron chi connectivity index (χ4n) is 2.37. The second-order valence-corrected chi connectivity index (χ2v) is 4.89. The van der Waals surface area contributed by atoms with Crippen LogP contribution in [0.5, 0.6) is 0 Å². The number of aliphatic carboxylic acids is 1. The molecule has 0 aromatic heterocycles. The van der Waals surface area contributed by atoms with Crippen LogP contribution in [0.15, 0.2) is 6.07 Å². The first-order valence-corrected chi connectivity index (χ1v) is 6.49. The molecule has 7 heteroatoms. The summed E-state index contributed by atoms with van der Waals surface area (Å²) in [6, 6.07) is 0.540. The number of amides is 1. The normalized spacial score (nSPS) is 11.8. The lowest BCUT2D eigenvalue weighted by Gasteiger charge is -2.16. The van der Waals surface area contributed by atoms with Gasteiger partial charge >= 0.3 is 5.97 Å². The predicted molar refractivity (Wildman–Crippen MR) is 76.5 cm³/mol. The van der Waals surface area contributed by atoms with Crippen molar-refractivity contribution in [2.75, 3.05) is 0 Å². The Morgan fingerprint density at radius 2 is 1.90 bits per heavy atom. The standard InChI is InChI=1S/C14H18N2O5/c1-5-10(14(18)19)15-13(17)11-7(2)6-8(3)12(9(11)4)16(20)21/h6,10H,5H2,1-4H3,(H,15,17)(H,18,19). The van der Waals surface area contributed by atoms with Crippen LogP contribution in [0.1, 0.15) is 40.4 Å². The summed E-state index contributed by atoms with van der Waals surface area (Å²) in [4.78, 5) is 33.8. The number of carbonyl (C=O) groups excluding carboxylic acids is 1. The smallest absolute Gasteiger partial charge is 0.326 e. The lowest BCUT2D eigenvalue weighted by atomic mass is 9.96. The fraction of sp³-hybridized carbons (Fsp3) is 0.429. The van der Waals surface area contributed by atoms with Crippen LogP contribution in [0.25, 0.3) is 0 Å². The number of hydrogen-bond acceptors (Lipinski definition) is 4. The van der Waals surface area contributed by atoms with E-state index in [2.05, 4.69) is 5.32 Å². The highest BCUT2D eigenvalue weighted by Crippen LogP contribution is 2.28. The first-order chi connectivity index (χ1) is 9.70. The van der Waals surface area contributed by atoms with Crippen LogP contribution in [-0.4, -0.2) is 27.9 Å². The SMILES string of the molecule is CCC(NC(=O)c1c(C)cc(C)c([N+](=O)[O-])c1C)C(=O)O. The van der Waals surface area contributed by atoms with Gasteiger partial charge in [-0.15, -0.1) is 0 Å². The molecular formula is C14H18N2O5. The Morgan fingerprint density at radius 3 is 2.33 bits per heavy atom. The zero-order valence-corrected chi connectivity index (χ0v) is 12.4.